The minimum absolute atomic E-state index is 0.0773. The first-order valence-corrected chi connectivity index (χ1v) is 6.82. The molecule has 2 aromatic rings. The SMILES string of the molecule is O=[N+]([O-])c1cc(Br)ccc1OCc1ccc(Br)cn1. The first kappa shape index (κ1) is 14.0. The molecule has 2 rings (SSSR count). The number of ether oxygens (including phenoxy) is 1. The quantitative estimate of drug-likeness (QED) is 0.585. The summed E-state index contributed by atoms with van der Waals surface area (Å²) in [5.74, 6) is 0.220. The summed E-state index contributed by atoms with van der Waals surface area (Å²) in [5.41, 5.74) is 0.618. The molecular formula is C12H8Br2N2O3. The maximum atomic E-state index is 10.9. The van der Waals surface area contributed by atoms with E-state index in [1.54, 1.807) is 24.4 Å². The van der Waals surface area contributed by atoms with Gasteiger partial charge in [-0.1, -0.05) is 15.9 Å². The number of nitro groups is 1. The Morgan fingerprint density at radius 1 is 1.21 bits per heavy atom. The van der Waals surface area contributed by atoms with Gasteiger partial charge >= 0.3 is 5.69 Å². The van der Waals surface area contributed by atoms with Gasteiger partial charge in [0.2, 0.25) is 0 Å². The van der Waals surface area contributed by atoms with Gasteiger partial charge in [-0.05, 0) is 40.2 Å². The van der Waals surface area contributed by atoms with Crippen molar-refractivity contribution in [2.75, 3.05) is 0 Å². The van der Waals surface area contributed by atoms with Gasteiger partial charge in [-0.2, -0.15) is 0 Å². The molecule has 1 aromatic heterocycles. The van der Waals surface area contributed by atoms with E-state index in [0.717, 1.165) is 4.47 Å². The average molecular weight is 388 g/mol. The van der Waals surface area contributed by atoms with Gasteiger partial charge in [0.15, 0.2) is 5.75 Å². The number of nitrogens with zero attached hydrogens (tertiary/aromatic N) is 2. The van der Waals surface area contributed by atoms with E-state index in [-0.39, 0.29) is 18.0 Å². The number of nitro benzene ring substituents is 1. The van der Waals surface area contributed by atoms with Gasteiger partial charge in [0.05, 0.1) is 10.6 Å². The van der Waals surface area contributed by atoms with Crippen molar-refractivity contribution in [3.05, 3.63) is 61.3 Å². The smallest absolute Gasteiger partial charge is 0.312 e. The van der Waals surface area contributed by atoms with Crippen molar-refractivity contribution in [1.82, 2.24) is 4.98 Å². The number of benzene rings is 1. The molecule has 0 saturated heterocycles. The first-order valence-electron chi connectivity index (χ1n) is 5.23. The number of halogens is 2. The van der Waals surface area contributed by atoms with Gasteiger partial charge in [0.25, 0.3) is 0 Å². The summed E-state index contributed by atoms with van der Waals surface area (Å²) in [7, 11) is 0. The molecular weight excluding hydrogens is 380 g/mol. The molecule has 0 aliphatic carbocycles. The lowest BCUT2D eigenvalue weighted by Crippen LogP contribution is -2.00. The molecule has 19 heavy (non-hydrogen) atoms. The lowest BCUT2D eigenvalue weighted by atomic mass is 10.3. The first-order chi connectivity index (χ1) is 9.06. The molecule has 0 spiro atoms. The maximum absolute atomic E-state index is 10.9. The van der Waals surface area contributed by atoms with Crippen molar-refractivity contribution < 1.29 is 9.66 Å². The van der Waals surface area contributed by atoms with E-state index < -0.39 is 4.92 Å². The highest BCUT2D eigenvalue weighted by Gasteiger charge is 2.15. The maximum Gasteiger partial charge on any atom is 0.312 e. The number of aromatic nitrogens is 1. The lowest BCUT2D eigenvalue weighted by molar-refractivity contribution is -0.386. The van der Waals surface area contributed by atoms with Crippen LogP contribution in [0.25, 0.3) is 0 Å². The molecule has 0 aliphatic heterocycles. The second-order valence-electron chi connectivity index (χ2n) is 3.63. The van der Waals surface area contributed by atoms with Crippen LogP contribution in [0, 0.1) is 10.1 Å². The highest BCUT2D eigenvalue weighted by Crippen LogP contribution is 2.30. The second-order valence-corrected chi connectivity index (χ2v) is 5.46. The van der Waals surface area contributed by atoms with Crippen molar-refractivity contribution in [3.8, 4) is 5.75 Å². The van der Waals surface area contributed by atoms with E-state index in [1.807, 2.05) is 6.07 Å². The van der Waals surface area contributed by atoms with Crippen LogP contribution >= 0.6 is 31.9 Å². The van der Waals surface area contributed by atoms with E-state index in [9.17, 15) is 10.1 Å². The Bertz CT molecular complexity index is 602. The van der Waals surface area contributed by atoms with Gasteiger partial charge in [0, 0.05) is 21.2 Å². The molecule has 0 saturated carbocycles. The molecule has 0 amide bonds. The fourth-order valence-electron chi connectivity index (χ4n) is 1.40. The van der Waals surface area contributed by atoms with E-state index in [2.05, 4.69) is 36.8 Å². The zero-order valence-electron chi connectivity index (χ0n) is 9.55. The summed E-state index contributed by atoms with van der Waals surface area (Å²) < 4.78 is 6.94. The third-order valence-electron chi connectivity index (χ3n) is 2.28. The fourth-order valence-corrected chi connectivity index (χ4v) is 1.98. The van der Waals surface area contributed by atoms with Crippen molar-refractivity contribution in [2.45, 2.75) is 6.61 Å². The van der Waals surface area contributed by atoms with Gasteiger partial charge in [-0.25, -0.2) is 0 Å². The summed E-state index contributed by atoms with van der Waals surface area (Å²) in [5, 5.41) is 10.9. The molecule has 7 heteroatoms. The molecule has 5 nitrogen and oxygen atoms in total. The van der Waals surface area contributed by atoms with Gasteiger partial charge < -0.3 is 4.74 Å². The molecule has 0 unspecified atom stereocenters. The van der Waals surface area contributed by atoms with E-state index in [1.165, 1.54) is 6.07 Å². The second kappa shape index (κ2) is 6.12. The van der Waals surface area contributed by atoms with Crippen LogP contribution in [0.5, 0.6) is 5.75 Å². The van der Waals surface area contributed by atoms with Gasteiger partial charge in [-0.15, -0.1) is 0 Å². The van der Waals surface area contributed by atoms with Crippen molar-refractivity contribution in [1.29, 1.82) is 0 Å². The van der Waals surface area contributed by atoms with Crippen LogP contribution in [0.4, 0.5) is 5.69 Å². The third-order valence-corrected chi connectivity index (χ3v) is 3.24. The Labute approximate surface area is 126 Å². The van der Waals surface area contributed by atoms with Crippen LogP contribution < -0.4 is 4.74 Å². The predicted octanol–water partition coefficient (Wildman–Crippen LogP) is 4.09. The van der Waals surface area contributed by atoms with E-state index >= 15 is 0 Å². The molecule has 0 atom stereocenters. The van der Waals surface area contributed by atoms with E-state index in [4.69, 9.17) is 4.74 Å². The lowest BCUT2D eigenvalue weighted by Gasteiger charge is -2.06. The Morgan fingerprint density at radius 3 is 2.58 bits per heavy atom. The standard InChI is InChI=1S/C12H8Br2N2O3/c13-8-2-4-12(11(5-8)16(17)18)19-7-10-3-1-9(14)6-15-10/h1-6H,7H2. The molecule has 0 fully saturated rings. The molecule has 0 N–H and O–H groups in total. The Morgan fingerprint density at radius 2 is 1.95 bits per heavy atom. The summed E-state index contributed by atoms with van der Waals surface area (Å²) in [4.78, 5) is 14.6. The van der Waals surface area contributed by atoms with Crippen molar-refractivity contribution in [3.63, 3.8) is 0 Å². The Hall–Kier alpha value is -1.47. The van der Waals surface area contributed by atoms with Crippen molar-refractivity contribution in [2.24, 2.45) is 0 Å². The molecule has 1 aromatic carbocycles. The molecule has 0 aliphatic rings. The highest BCUT2D eigenvalue weighted by molar-refractivity contribution is 9.10. The number of hydrogen-bond donors (Lipinski definition) is 0. The van der Waals surface area contributed by atoms with Crippen molar-refractivity contribution >= 4 is 37.5 Å². The van der Waals surface area contributed by atoms with Crippen LogP contribution in [0.15, 0.2) is 45.5 Å². The number of rotatable bonds is 4. The largest absolute Gasteiger partial charge is 0.480 e. The minimum Gasteiger partial charge on any atom is -0.480 e. The average Bonchev–Trinajstić information content (AvgIpc) is 2.39. The fraction of sp³-hybridized carbons (Fsp3) is 0.0833. The number of pyridine rings is 1. The zero-order chi connectivity index (χ0) is 13.8. The molecule has 98 valence electrons. The van der Waals surface area contributed by atoms with Crippen LogP contribution in [0.2, 0.25) is 0 Å². The van der Waals surface area contributed by atoms with Crippen LogP contribution in [-0.4, -0.2) is 9.91 Å². The predicted molar refractivity (Wildman–Crippen MR) is 77.1 cm³/mol. The molecule has 0 radical (unpaired) electrons. The summed E-state index contributed by atoms with van der Waals surface area (Å²) in [6.45, 7) is 0.176. The van der Waals surface area contributed by atoms with Crippen LogP contribution in [0.1, 0.15) is 5.69 Å². The Balaban J connectivity index is 2.15. The Kier molecular flexibility index (Phi) is 4.49. The van der Waals surface area contributed by atoms with Gasteiger partial charge in [0.1, 0.15) is 6.61 Å². The molecule has 0 bridgehead atoms. The molecule has 1 heterocycles. The third kappa shape index (κ3) is 3.74. The van der Waals surface area contributed by atoms with Crippen LogP contribution in [0.3, 0.4) is 0 Å². The normalized spacial score (nSPS) is 10.2. The monoisotopic (exact) mass is 386 g/mol. The summed E-state index contributed by atoms with van der Waals surface area (Å²) in [6.07, 6.45) is 1.65. The highest BCUT2D eigenvalue weighted by atomic mass is 79.9. The topological polar surface area (TPSA) is 65.3 Å². The van der Waals surface area contributed by atoms with Crippen LogP contribution in [-0.2, 0) is 6.61 Å². The van der Waals surface area contributed by atoms with Gasteiger partial charge in [-0.3, -0.25) is 15.1 Å². The zero-order valence-corrected chi connectivity index (χ0v) is 12.7. The van der Waals surface area contributed by atoms with E-state index in [0.29, 0.717) is 10.2 Å². The minimum atomic E-state index is -0.477. The summed E-state index contributed by atoms with van der Waals surface area (Å²) >= 11 is 6.47. The summed E-state index contributed by atoms with van der Waals surface area (Å²) in [6, 6.07) is 8.28. The number of hydrogen-bond acceptors (Lipinski definition) is 4.